The Morgan fingerprint density at radius 1 is 1.27 bits per heavy atom. The molecule has 2 rings (SSSR count). The van der Waals surface area contributed by atoms with Crippen LogP contribution in [0.4, 0.5) is 5.95 Å². The molecule has 1 fully saturated rings. The first-order valence-corrected chi connectivity index (χ1v) is 5.71. The van der Waals surface area contributed by atoms with Gasteiger partial charge in [0.15, 0.2) is 0 Å². The molecule has 15 heavy (non-hydrogen) atoms. The normalized spacial score (nSPS) is 16.3. The van der Waals surface area contributed by atoms with Crippen molar-refractivity contribution < 1.29 is 0 Å². The molecule has 0 bridgehead atoms. The molecule has 2 heterocycles. The van der Waals surface area contributed by atoms with Gasteiger partial charge in [-0.15, -0.1) is 0 Å². The molecule has 1 aliphatic heterocycles. The minimum atomic E-state index is 0.188. The molecule has 0 unspecified atom stereocenters. The summed E-state index contributed by atoms with van der Waals surface area (Å²) in [4.78, 5) is 11.1. The Hall–Kier alpha value is -1.12. The van der Waals surface area contributed by atoms with Crippen molar-refractivity contribution >= 4 is 5.95 Å². The molecule has 1 saturated heterocycles. The number of aromatic nitrogens is 2. The number of nitrogens with zero attached hydrogens (tertiary/aromatic N) is 3. The van der Waals surface area contributed by atoms with Gasteiger partial charge >= 0.3 is 0 Å². The van der Waals surface area contributed by atoms with Crippen molar-refractivity contribution in [2.75, 3.05) is 18.0 Å². The Morgan fingerprint density at radius 2 is 1.87 bits per heavy atom. The van der Waals surface area contributed by atoms with Crippen LogP contribution in [0.25, 0.3) is 0 Å². The quantitative estimate of drug-likeness (QED) is 0.758. The van der Waals surface area contributed by atoms with Gasteiger partial charge in [0.25, 0.3) is 0 Å². The van der Waals surface area contributed by atoms with Crippen molar-refractivity contribution in [1.29, 1.82) is 0 Å². The Labute approximate surface area is 91.5 Å². The van der Waals surface area contributed by atoms with Crippen LogP contribution in [0.1, 0.15) is 39.2 Å². The average Bonchev–Trinajstić information content (AvgIpc) is 2.16. The van der Waals surface area contributed by atoms with Crippen molar-refractivity contribution in [3.8, 4) is 0 Å². The highest BCUT2D eigenvalue weighted by molar-refractivity contribution is 5.33. The summed E-state index contributed by atoms with van der Waals surface area (Å²) in [6.45, 7) is 8.88. The monoisotopic (exact) mass is 205 g/mol. The second kappa shape index (κ2) is 3.80. The van der Waals surface area contributed by atoms with Crippen LogP contribution in [-0.2, 0) is 5.41 Å². The lowest BCUT2D eigenvalue weighted by molar-refractivity contribution is 0.501. The number of rotatable bonds is 3. The highest BCUT2D eigenvalue weighted by atomic mass is 15.3. The first-order valence-electron chi connectivity index (χ1n) is 5.71. The molecule has 0 spiro atoms. The minimum Gasteiger partial charge on any atom is -0.341 e. The van der Waals surface area contributed by atoms with E-state index in [2.05, 4.69) is 35.6 Å². The molecule has 0 aromatic carbocycles. The molecule has 1 aliphatic rings. The fourth-order valence-corrected chi connectivity index (χ4v) is 1.55. The molecule has 0 saturated carbocycles. The lowest BCUT2D eigenvalue weighted by Crippen LogP contribution is -2.38. The lowest BCUT2D eigenvalue weighted by atomic mass is 9.84. The van der Waals surface area contributed by atoms with E-state index in [0.29, 0.717) is 0 Å². The number of hydrogen-bond acceptors (Lipinski definition) is 3. The number of anilines is 1. The predicted molar refractivity (Wildman–Crippen MR) is 62.2 cm³/mol. The van der Waals surface area contributed by atoms with Crippen LogP contribution in [0.5, 0.6) is 0 Å². The van der Waals surface area contributed by atoms with E-state index in [1.807, 2.05) is 12.4 Å². The maximum Gasteiger partial charge on any atom is 0.225 e. The molecule has 0 aliphatic carbocycles. The summed E-state index contributed by atoms with van der Waals surface area (Å²) in [6, 6.07) is 0. The van der Waals surface area contributed by atoms with Crippen LogP contribution < -0.4 is 4.90 Å². The Kier molecular flexibility index (Phi) is 2.63. The fraction of sp³-hybridized carbons (Fsp3) is 0.667. The van der Waals surface area contributed by atoms with Crippen LogP contribution in [0.2, 0.25) is 0 Å². The first kappa shape index (κ1) is 10.4. The van der Waals surface area contributed by atoms with E-state index >= 15 is 0 Å². The van der Waals surface area contributed by atoms with Gasteiger partial charge in [-0.3, -0.25) is 0 Å². The molecule has 3 nitrogen and oxygen atoms in total. The Balaban J connectivity index is 2.16. The zero-order chi connectivity index (χ0) is 10.9. The fourth-order valence-electron chi connectivity index (χ4n) is 1.55. The molecule has 1 aromatic rings. The molecule has 0 atom stereocenters. The van der Waals surface area contributed by atoms with Crippen molar-refractivity contribution in [3.63, 3.8) is 0 Å². The summed E-state index contributed by atoms with van der Waals surface area (Å²) in [5.74, 6) is 0.886. The van der Waals surface area contributed by atoms with Crippen LogP contribution >= 0.6 is 0 Å². The van der Waals surface area contributed by atoms with Gasteiger partial charge in [0.05, 0.1) is 0 Å². The van der Waals surface area contributed by atoms with Gasteiger partial charge in [0.1, 0.15) is 0 Å². The molecule has 0 radical (unpaired) electrons. The Bertz CT molecular complexity index is 325. The van der Waals surface area contributed by atoms with Gasteiger partial charge in [-0.1, -0.05) is 20.8 Å². The number of hydrogen-bond donors (Lipinski definition) is 0. The van der Waals surface area contributed by atoms with Gasteiger partial charge in [-0.2, -0.15) is 0 Å². The molecule has 3 heteroatoms. The SMILES string of the molecule is CCC(C)(C)c1cnc(N2CCC2)nc1. The summed E-state index contributed by atoms with van der Waals surface area (Å²) in [7, 11) is 0. The van der Waals surface area contributed by atoms with Crippen molar-refractivity contribution in [2.24, 2.45) is 0 Å². The maximum absolute atomic E-state index is 4.43. The predicted octanol–water partition coefficient (Wildman–Crippen LogP) is 2.37. The van der Waals surface area contributed by atoms with E-state index in [9.17, 15) is 0 Å². The van der Waals surface area contributed by atoms with Gasteiger partial charge in [0, 0.05) is 25.5 Å². The van der Waals surface area contributed by atoms with Gasteiger partial charge in [0.2, 0.25) is 5.95 Å². The molecular formula is C12H19N3. The first-order chi connectivity index (χ1) is 7.13. The van der Waals surface area contributed by atoms with E-state index in [1.165, 1.54) is 12.0 Å². The highest BCUT2D eigenvalue weighted by Crippen LogP contribution is 2.26. The summed E-state index contributed by atoms with van der Waals surface area (Å²) in [5.41, 5.74) is 1.42. The van der Waals surface area contributed by atoms with Crippen LogP contribution in [0.15, 0.2) is 12.4 Å². The van der Waals surface area contributed by atoms with Crippen LogP contribution in [-0.4, -0.2) is 23.1 Å². The highest BCUT2D eigenvalue weighted by Gasteiger charge is 2.21. The summed E-state index contributed by atoms with van der Waals surface area (Å²) >= 11 is 0. The topological polar surface area (TPSA) is 29.0 Å². The molecule has 1 aromatic heterocycles. The third-order valence-corrected chi connectivity index (χ3v) is 3.44. The van der Waals surface area contributed by atoms with Crippen molar-refractivity contribution in [3.05, 3.63) is 18.0 Å². The second-order valence-electron chi connectivity index (χ2n) is 4.85. The third-order valence-electron chi connectivity index (χ3n) is 3.44. The zero-order valence-corrected chi connectivity index (χ0v) is 9.82. The lowest BCUT2D eigenvalue weighted by Gasteiger charge is -2.31. The van der Waals surface area contributed by atoms with Crippen LogP contribution in [0, 0.1) is 0 Å². The van der Waals surface area contributed by atoms with Gasteiger partial charge < -0.3 is 4.90 Å². The largest absolute Gasteiger partial charge is 0.341 e. The molecular weight excluding hydrogens is 186 g/mol. The molecule has 82 valence electrons. The van der Waals surface area contributed by atoms with E-state index < -0.39 is 0 Å². The molecule has 0 amide bonds. The second-order valence-corrected chi connectivity index (χ2v) is 4.85. The van der Waals surface area contributed by atoms with E-state index in [4.69, 9.17) is 0 Å². The van der Waals surface area contributed by atoms with E-state index in [1.54, 1.807) is 0 Å². The average molecular weight is 205 g/mol. The standard InChI is InChI=1S/C12H19N3/c1-4-12(2,3)10-8-13-11(14-9-10)15-6-5-7-15/h8-9H,4-7H2,1-3H3. The van der Waals surface area contributed by atoms with Crippen molar-refractivity contribution in [2.45, 2.75) is 39.0 Å². The van der Waals surface area contributed by atoms with Gasteiger partial charge in [-0.05, 0) is 23.8 Å². The van der Waals surface area contributed by atoms with Crippen LogP contribution in [0.3, 0.4) is 0 Å². The molecule has 0 N–H and O–H groups in total. The summed E-state index contributed by atoms with van der Waals surface area (Å²) in [5, 5.41) is 0. The van der Waals surface area contributed by atoms with E-state index in [-0.39, 0.29) is 5.41 Å². The van der Waals surface area contributed by atoms with Crippen molar-refractivity contribution in [1.82, 2.24) is 9.97 Å². The minimum absolute atomic E-state index is 0.188. The van der Waals surface area contributed by atoms with Gasteiger partial charge in [-0.25, -0.2) is 9.97 Å². The third kappa shape index (κ3) is 1.96. The summed E-state index contributed by atoms with van der Waals surface area (Å²) in [6.07, 6.45) is 6.33. The van der Waals surface area contributed by atoms with E-state index in [0.717, 1.165) is 25.5 Å². The Morgan fingerprint density at radius 3 is 2.27 bits per heavy atom. The zero-order valence-electron chi connectivity index (χ0n) is 9.82. The smallest absolute Gasteiger partial charge is 0.225 e. The maximum atomic E-state index is 4.43. The summed E-state index contributed by atoms with van der Waals surface area (Å²) < 4.78 is 0.